The number of phosphoric ester groups is 1. The van der Waals surface area contributed by atoms with E-state index in [-0.39, 0.29) is 34.6 Å². The maximum absolute atomic E-state index is 16.4. The molecule has 10 nitrogen and oxygen atoms in total. The Labute approximate surface area is 456 Å². The number of phosphoric acid groups is 1. The molecule has 374 valence electrons. The van der Waals surface area contributed by atoms with Crippen molar-refractivity contribution in [2.24, 2.45) is 0 Å². The zero-order valence-electron chi connectivity index (χ0n) is 40.3. The van der Waals surface area contributed by atoms with Gasteiger partial charge in [0, 0.05) is 64.6 Å². The first-order valence-corrected chi connectivity index (χ1v) is 26.8. The minimum absolute atomic E-state index is 0.0538. The van der Waals surface area contributed by atoms with Crippen molar-refractivity contribution in [2.75, 3.05) is 0 Å². The van der Waals surface area contributed by atoms with Crippen molar-refractivity contribution in [3.63, 3.8) is 0 Å². The number of fused-ring (bicyclic) bond motifs is 3. The molecule has 0 saturated heterocycles. The number of hydrogen-bond donors (Lipinski definition) is 0. The van der Waals surface area contributed by atoms with E-state index in [9.17, 15) is 14.4 Å². The van der Waals surface area contributed by atoms with Gasteiger partial charge in [-0.1, -0.05) is 162 Å². The second kappa shape index (κ2) is 20.3. The summed E-state index contributed by atoms with van der Waals surface area (Å²) in [4.78, 5) is 42.6. The van der Waals surface area contributed by atoms with E-state index in [2.05, 4.69) is 0 Å². The van der Waals surface area contributed by atoms with E-state index in [1.807, 2.05) is 36.4 Å². The van der Waals surface area contributed by atoms with Crippen LogP contribution in [0.1, 0.15) is 47.8 Å². The molecule has 14 heteroatoms. The van der Waals surface area contributed by atoms with Gasteiger partial charge in [0.2, 0.25) is 0 Å². The summed E-state index contributed by atoms with van der Waals surface area (Å²) in [5, 5.41) is 2.53. The van der Waals surface area contributed by atoms with E-state index < -0.39 is 7.82 Å². The van der Waals surface area contributed by atoms with Crippen molar-refractivity contribution in [1.29, 1.82) is 0 Å². The van der Waals surface area contributed by atoms with Gasteiger partial charge in [0.15, 0.2) is 34.6 Å². The molecule has 0 spiro atoms. The standard InChI is InChI=1S/C63H39Cl3N3O7P/c64-43-28-31-46-55(34-43)67(52-25-13-10-22-49(52)61(70)40-16-4-1-5-17-40)37-58(46)74-77(73,75-59-38-68(56-35-44(65)29-32-47(56)59)53-26-14-11-23-50(53)62(71)41-18-6-2-7-19-41)76-60-39-69(57-36-45(66)30-33-48(57)60)54-27-15-12-24-51(54)63(72)42-20-8-3-9-21-42/h1-39H. The molecule has 0 radical (unpaired) electrons. The van der Waals surface area contributed by atoms with Gasteiger partial charge < -0.3 is 27.3 Å². The van der Waals surface area contributed by atoms with Crippen LogP contribution in [0.5, 0.6) is 17.2 Å². The Balaban J connectivity index is 1.04. The molecule has 0 atom stereocenters. The molecule has 3 heterocycles. The molecule has 0 bridgehead atoms. The fraction of sp³-hybridized carbons (Fsp3) is 0. The van der Waals surface area contributed by atoms with Crippen LogP contribution in [-0.4, -0.2) is 31.1 Å². The van der Waals surface area contributed by atoms with Crippen LogP contribution in [0.25, 0.3) is 49.8 Å². The predicted molar refractivity (Wildman–Crippen MR) is 304 cm³/mol. The lowest BCUT2D eigenvalue weighted by atomic mass is 10.0. The molecule has 0 aliphatic carbocycles. The lowest BCUT2D eigenvalue weighted by Crippen LogP contribution is -2.08. The SMILES string of the molecule is O=C(c1ccccc1)c1ccccc1-n1cc(OP(=O)(Oc2cn(-c3ccccc3C(=O)c3ccccc3)c3cc(Cl)ccc23)Oc2cn(-c3ccccc3C(=O)c3ccccc3)c3cc(Cl)ccc23)c2ccc(Cl)cc21. The van der Waals surface area contributed by atoms with Crippen molar-refractivity contribution in [1.82, 2.24) is 13.7 Å². The highest BCUT2D eigenvalue weighted by molar-refractivity contribution is 7.49. The van der Waals surface area contributed by atoms with Crippen molar-refractivity contribution in [2.45, 2.75) is 0 Å². The Morgan fingerprint density at radius 2 is 0.597 bits per heavy atom. The van der Waals surface area contributed by atoms with Crippen molar-refractivity contribution in [3.05, 3.63) is 285 Å². The van der Waals surface area contributed by atoms with Crippen LogP contribution in [0, 0.1) is 0 Å². The number of para-hydroxylation sites is 3. The summed E-state index contributed by atoms with van der Waals surface area (Å²) in [5.41, 5.74) is 5.63. The fourth-order valence-corrected chi connectivity index (χ4v) is 11.4. The largest absolute Gasteiger partial charge is 0.647 e. The number of carbonyl (C=O) groups excluding carboxylic acids is 3. The number of nitrogens with zero attached hydrogens (tertiary/aromatic N) is 3. The van der Waals surface area contributed by atoms with E-state index in [4.69, 9.17) is 48.4 Å². The molecule has 0 saturated carbocycles. The number of halogens is 3. The molecule has 12 rings (SSSR count). The van der Waals surface area contributed by atoms with Gasteiger partial charge in [-0.15, -0.1) is 0 Å². The Kier molecular flexibility index (Phi) is 12.9. The van der Waals surface area contributed by atoms with Gasteiger partial charge in [0.25, 0.3) is 0 Å². The first-order valence-electron chi connectivity index (χ1n) is 24.2. The summed E-state index contributed by atoms with van der Waals surface area (Å²) in [7, 11) is -5.04. The second-order valence-electron chi connectivity index (χ2n) is 17.9. The summed E-state index contributed by atoms with van der Waals surface area (Å²) in [6.45, 7) is 0. The van der Waals surface area contributed by atoms with Gasteiger partial charge in [0.1, 0.15) is 0 Å². The van der Waals surface area contributed by atoms with Crippen LogP contribution >= 0.6 is 42.6 Å². The molecular formula is C63H39Cl3N3O7P. The van der Waals surface area contributed by atoms with Gasteiger partial charge in [-0.25, -0.2) is 0 Å². The zero-order valence-corrected chi connectivity index (χ0v) is 43.5. The van der Waals surface area contributed by atoms with Crippen LogP contribution in [0.2, 0.25) is 15.1 Å². The summed E-state index contributed by atoms with van der Waals surface area (Å²) >= 11 is 20.1. The highest BCUT2D eigenvalue weighted by Gasteiger charge is 2.38. The average molecular weight is 1090 g/mol. The van der Waals surface area contributed by atoms with E-state index >= 15 is 4.57 Å². The summed E-state index contributed by atoms with van der Waals surface area (Å²) in [6.07, 6.45) is 4.83. The smallest absolute Gasteiger partial charge is 0.384 e. The van der Waals surface area contributed by atoms with Crippen LogP contribution in [0.3, 0.4) is 0 Å². The van der Waals surface area contributed by atoms with Gasteiger partial charge >= 0.3 is 7.82 Å². The number of rotatable bonds is 15. The van der Waals surface area contributed by atoms with E-state index in [0.29, 0.717) is 98.2 Å². The third-order valence-corrected chi connectivity index (χ3v) is 15.1. The van der Waals surface area contributed by atoms with Crippen molar-refractivity contribution >= 4 is 92.7 Å². The van der Waals surface area contributed by atoms with Gasteiger partial charge in [-0.3, -0.25) is 14.4 Å². The van der Waals surface area contributed by atoms with Crippen LogP contribution < -0.4 is 13.6 Å². The molecule has 0 aliphatic rings. The predicted octanol–water partition coefficient (Wildman–Crippen LogP) is 16.8. The van der Waals surface area contributed by atoms with Gasteiger partial charge in [0.05, 0.1) is 52.2 Å². The van der Waals surface area contributed by atoms with Gasteiger partial charge in [-0.2, -0.15) is 4.57 Å². The Morgan fingerprint density at radius 3 is 0.883 bits per heavy atom. The first-order chi connectivity index (χ1) is 37.5. The minimum atomic E-state index is -5.04. The maximum Gasteiger partial charge on any atom is 0.647 e. The number of benzene rings is 9. The first kappa shape index (κ1) is 49.0. The Bertz CT molecular complexity index is 3910. The molecule has 77 heavy (non-hydrogen) atoms. The monoisotopic (exact) mass is 1090 g/mol. The molecular weight excluding hydrogens is 1050 g/mol. The molecule has 0 fully saturated rings. The number of aromatic nitrogens is 3. The second-order valence-corrected chi connectivity index (χ2v) is 20.7. The number of hydrogen-bond acceptors (Lipinski definition) is 7. The molecule has 0 unspecified atom stereocenters. The van der Waals surface area contributed by atoms with Crippen LogP contribution in [-0.2, 0) is 4.57 Å². The lowest BCUT2D eigenvalue weighted by Gasteiger charge is -2.18. The van der Waals surface area contributed by atoms with E-state index in [1.165, 1.54) is 0 Å². The van der Waals surface area contributed by atoms with Crippen LogP contribution in [0.15, 0.2) is 237 Å². The molecule has 0 aliphatic heterocycles. The Morgan fingerprint density at radius 1 is 0.338 bits per heavy atom. The molecule has 9 aromatic carbocycles. The summed E-state index contributed by atoms with van der Waals surface area (Å²) in [6, 6.07) is 63.5. The van der Waals surface area contributed by atoms with Crippen molar-refractivity contribution < 1.29 is 32.5 Å². The third-order valence-electron chi connectivity index (χ3n) is 13.2. The summed E-state index contributed by atoms with van der Waals surface area (Å²) in [5.74, 6) is -0.514. The lowest BCUT2D eigenvalue weighted by molar-refractivity contribution is 0.103. The average Bonchev–Trinajstić information content (AvgIpc) is 4.20. The molecule has 0 N–H and O–H groups in total. The third kappa shape index (κ3) is 9.39. The van der Waals surface area contributed by atoms with Crippen molar-refractivity contribution in [3.8, 4) is 34.3 Å². The van der Waals surface area contributed by atoms with E-state index in [0.717, 1.165) is 0 Å². The highest BCUT2D eigenvalue weighted by atomic mass is 35.5. The summed E-state index contributed by atoms with van der Waals surface area (Å²) < 4.78 is 41.9. The molecule has 0 amide bonds. The van der Waals surface area contributed by atoms with Crippen LogP contribution in [0.4, 0.5) is 0 Å². The highest BCUT2D eigenvalue weighted by Crippen LogP contribution is 2.55. The fourth-order valence-electron chi connectivity index (χ4n) is 9.60. The Hall–Kier alpha value is -8.89. The molecule has 3 aromatic heterocycles. The zero-order chi connectivity index (χ0) is 52.8. The number of ketones is 3. The maximum atomic E-state index is 16.4. The number of carbonyl (C=O) groups is 3. The topological polar surface area (TPSA) is 111 Å². The normalized spacial score (nSPS) is 11.5. The van der Waals surface area contributed by atoms with Gasteiger partial charge in [-0.05, 0) is 91.0 Å². The van der Waals surface area contributed by atoms with E-state index in [1.54, 1.807) is 214 Å². The minimum Gasteiger partial charge on any atom is -0.384 e. The molecule has 12 aromatic rings. The quantitative estimate of drug-likeness (QED) is 0.0742.